The average molecular weight is 549 g/mol. The van der Waals surface area contributed by atoms with Crippen LogP contribution in [0.1, 0.15) is 38.2 Å². The lowest BCUT2D eigenvalue weighted by atomic mass is 9.86. The van der Waals surface area contributed by atoms with Gasteiger partial charge in [-0.05, 0) is 56.8 Å². The number of aryl methyl sites for hydroxylation is 1. The van der Waals surface area contributed by atoms with Gasteiger partial charge in [-0.1, -0.05) is 30.0 Å². The van der Waals surface area contributed by atoms with E-state index in [4.69, 9.17) is 4.74 Å². The van der Waals surface area contributed by atoms with Crippen LogP contribution in [0.15, 0.2) is 53.2 Å². The summed E-state index contributed by atoms with van der Waals surface area (Å²) in [6.07, 6.45) is 5.04. The van der Waals surface area contributed by atoms with Crippen LogP contribution in [0, 0.1) is 12.8 Å². The Morgan fingerprint density at radius 3 is 2.64 bits per heavy atom. The van der Waals surface area contributed by atoms with Crippen molar-refractivity contribution in [2.75, 3.05) is 11.4 Å². The van der Waals surface area contributed by atoms with Crippen LogP contribution in [-0.2, 0) is 9.59 Å². The van der Waals surface area contributed by atoms with Gasteiger partial charge in [0.1, 0.15) is 5.75 Å². The summed E-state index contributed by atoms with van der Waals surface area (Å²) in [7, 11) is 0. The number of nitrogens with zero attached hydrogens (tertiary/aromatic N) is 2. The van der Waals surface area contributed by atoms with Gasteiger partial charge in [-0.3, -0.25) is 14.5 Å². The molecular weight excluding hydrogens is 516 g/mol. The summed E-state index contributed by atoms with van der Waals surface area (Å²) in [6, 6.07) is 10.7. The molecule has 4 N–H and O–H groups in total. The van der Waals surface area contributed by atoms with Gasteiger partial charge in [0.15, 0.2) is 0 Å². The zero-order valence-corrected chi connectivity index (χ0v) is 22.7. The number of aromatic nitrogens is 1. The summed E-state index contributed by atoms with van der Waals surface area (Å²) in [4.78, 5) is 45.5. The van der Waals surface area contributed by atoms with E-state index in [0.717, 1.165) is 43.5 Å². The number of amides is 4. The second-order valence-electron chi connectivity index (χ2n) is 10.5. The lowest BCUT2D eigenvalue weighted by Gasteiger charge is -2.46. The van der Waals surface area contributed by atoms with Crippen LogP contribution in [0.2, 0.25) is 0 Å². The molecule has 204 valence electrons. The molecule has 11 heteroatoms. The van der Waals surface area contributed by atoms with Gasteiger partial charge in [0.2, 0.25) is 11.8 Å². The number of nitrogens with one attached hydrogen (secondary N) is 4. The van der Waals surface area contributed by atoms with Gasteiger partial charge in [0, 0.05) is 36.7 Å². The number of anilines is 1. The molecule has 5 atom stereocenters. The predicted octanol–water partition coefficient (Wildman–Crippen LogP) is 3.15. The second-order valence-corrected chi connectivity index (χ2v) is 11.6. The maximum Gasteiger partial charge on any atom is 0.326 e. The highest BCUT2D eigenvalue weighted by atomic mass is 32.2. The lowest BCUT2D eigenvalue weighted by molar-refractivity contribution is -0.121. The van der Waals surface area contributed by atoms with E-state index in [1.807, 2.05) is 43.3 Å². The summed E-state index contributed by atoms with van der Waals surface area (Å²) >= 11 is 1.48. The average Bonchev–Trinajstić information content (AvgIpc) is 3.50. The fourth-order valence-electron chi connectivity index (χ4n) is 6.14. The van der Waals surface area contributed by atoms with E-state index in [-0.39, 0.29) is 47.3 Å². The van der Waals surface area contributed by atoms with E-state index < -0.39 is 0 Å². The van der Waals surface area contributed by atoms with E-state index in [1.54, 1.807) is 11.1 Å². The Morgan fingerprint density at radius 2 is 1.90 bits per heavy atom. The number of urea groups is 1. The highest BCUT2D eigenvalue weighted by Gasteiger charge is 2.52. The van der Waals surface area contributed by atoms with Crippen molar-refractivity contribution in [2.24, 2.45) is 5.92 Å². The Balaban J connectivity index is 1.23. The van der Waals surface area contributed by atoms with Gasteiger partial charge >= 0.3 is 6.03 Å². The molecule has 1 aliphatic carbocycles. The quantitative estimate of drug-likeness (QED) is 0.437. The molecule has 2 saturated heterocycles. The number of benzene rings is 1. The minimum Gasteiger partial charge on any atom is -0.439 e. The highest BCUT2D eigenvalue weighted by Crippen LogP contribution is 2.48. The molecule has 2 aromatic rings. The van der Waals surface area contributed by atoms with E-state index >= 15 is 0 Å². The van der Waals surface area contributed by atoms with Gasteiger partial charge in [-0.15, -0.1) is 0 Å². The first-order chi connectivity index (χ1) is 18.9. The molecule has 0 radical (unpaired) electrons. The number of piperidine rings is 1. The second kappa shape index (κ2) is 10.5. The largest absolute Gasteiger partial charge is 0.439 e. The monoisotopic (exact) mass is 548 g/mol. The number of rotatable bonds is 6. The van der Waals surface area contributed by atoms with Crippen molar-refractivity contribution < 1.29 is 19.1 Å². The Morgan fingerprint density at radius 1 is 1.13 bits per heavy atom. The van der Waals surface area contributed by atoms with Crippen LogP contribution in [0.4, 0.5) is 10.5 Å². The number of ether oxygens (including phenoxy) is 1. The van der Waals surface area contributed by atoms with Crippen LogP contribution < -0.4 is 30.9 Å². The normalized spacial score (nSPS) is 27.6. The smallest absolute Gasteiger partial charge is 0.326 e. The minimum atomic E-state index is -0.265. The highest BCUT2D eigenvalue weighted by molar-refractivity contribution is 8.04. The van der Waals surface area contributed by atoms with Gasteiger partial charge < -0.3 is 26.0 Å². The van der Waals surface area contributed by atoms with Crippen LogP contribution in [-0.4, -0.2) is 52.9 Å². The molecule has 1 aromatic heterocycles. The fourth-order valence-corrected chi connectivity index (χ4v) is 7.54. The topological polar surface area (TPSA) is 125 Å². The van der Waals surface area contributed by atoms with E-state index in [1.165, 1.54) is 18.7 Å². The molecule has 39 heavy (non-hydrogen) atoms. The fraction of sp³-hybridized carbons (Fsp3) is 0.429. The van der Waals surface area contributed by atoms with Crippen LogP contribution in [0.25, 0.3) is 0 Å². The first-order valence-electron chi connectivity index (χ1n) is 13.4. The van der Waals surface area contributed by atoms with Crippen molar-refractivity contribution in [3.05, 3.63) is 58.8 Å². The molecule has 1 saturated carbocycles. The number of hydrogen-bond donors (Lipinski definition) is 4. The Hall–Kier alpha value is -3.57. The SMILES string of the molecule is CC(=O)N[C@H]1CCC[C@H]1NC(=O)C1=C2NC(=O)N(c3cnc(Oc4ccccc4)cc3C)C3CCNC(S1)C23. The van der Waals surface area contributed by atoms with Crippen molar-refractivity contribution in [3.63, 3.8) is 0 Å². The number of hydrogen-bond acceptors (Lipinski definition) is 7. The van der Waals surface area contributed by atoms with Crippen molar-refractivity contribution in [1.29, 1.82) is 0 Å². The molecule has 0 spiro atoms. The van der Waals surface area contributed by atoms with Gasteiger partial charge in [0.25, 0.3) is 5.91 Å². The molecular formula is C28H32N6O4S. The minimum absolute atomic E-state index is 0.0220. The molecule has 10 nitrogen and oxygen atoms in total. The third-order valence-electron chi connectivity index (χ3n) is 7.85. The maximum atomic E-state index is 13.6. The zero-order chi connectivity index (χ0) is 27.1. The van der Waals surface area contributed by atoms with Crippen LogP contribution >= 0.6 is 11.8 Å². The standard InChI is InChI=1S/C28H32N6O4S/c1-15-13-22(38-17-7-4-3-5-8-17)30-14-21(15)34-20-11-12-29-27-23(20)24(33-28(34)37)25(39-27)26(36)32-19-10-6-9-18(19)31-16(2)35/h3-5,7-8,13-14,18-20,23,27,29H,6,9-12H2,1-2H3,(H,31,35)(H,32,36)(H,33,37)/t18-,19+,20?,23?,27?/m0/s1. The van der Waals surface area contributed by atoms with Crippen molar-refractivity contribution >= 4 is 35.3 Å². The lowest BCUT2D eigenvalue weighted by Crippen LogP contribution is -2.62. The number of carbonyl (C=O) groups excluding carboxylic acids is 3. The Bertz CT molecular complexity index is 1330. The van der Waals surface area contributed by atoms with E-state index in [9.17, 15) is 14.4 Å². The van der Waals surface area contributed by atoms with E-state index in [2.05, 4.69) is 26.3 Å². The zero-order valence-electron chi connectivity index (χ0n) is 21.9. The maximum absolute atomic E-state index is 13.6. The predicted molar refractivity (Wildman–Crippen MR) is 148 cm³/mol. The van der Waals surface area contributed by atoms with E-state index in [0.29, 0.717) is 22.2 Å². The molecule has 6 rings (SSSR count). The summed E-state index contributed by atoms with van der Waals surface area (Å²) in [5.41, 5.74) is 2.29. The first-order valence-corrected chi connectivity index (χ1v) is 14.3. The number of thioether (sulfide) groups is 1. The molecule has 3 fully saturated rings. The molecule has 0 bridgehead atoms. The van der Waals surface area contributed by atoms with Gasteiger partial charge in [-0.2, -0.15) is 0 Å². The molecule has 4 aliphatic rings. The van der Waals surface area contributed by atoms with Crippen LogP contribution in [0.5, 0.6) is 11.6 Å². The molecule has 3 aliphatic heterocycles. The third kappa shape index (κ3) is 4.96. The first kappa shape index (κ1) is 25.7. The number of pyridine rings is 1. The Labute approximate surface area is 231 Å². The summed E-state index contributed by atoms with van der Waals surface area (Å²) in [6.45, 7) is 4.18. The molecule has 4 amide bonds. The van der Waals surface area contributed by atoms with Crippen molar-refractivity contribution in [2.45, 2.75) is 63.0 Å². The van der Waals surface area contributed by atoms with Crippen molar-refractivity contribution in [1.82, 2.24) is 26.3 Å². The molecule has 4 heterocycles. The van der Waals surface area contributed by atoms with Crippen molar-refractivity contribution in [3.8, 4) is 11.6 Å². The molecule has 1 aromatic carbocycles. The molecule has 3 unspecified atom stereocenters. The summed E-state index contributed by atoms with van der Waals surface area (Å²) in [5, 5.41) is 12.7. The van der Waals surface area contributed by atoms with Gasteiger partial charge in [0.05, 0.1) is 28.2 Å². The Kier molecular flexibility index (Phi) is 6.94. The number of carbonyl (C=O) groups is 3. The summed E-state index contributed by atoms with van der Waals surface area (Å²) < 4.78 is 5.88. The third-order valence-corrected chi connectivity index (χ3v) is 9.21. The van der Waals surface area contributed by atoms with Crippen LogP contribution in [0.3, 0.4) is 0 Å². The number of para-hydroxylation sites is 1. The summed E-state index contributed by atoms with van der Waals surface area (Å²) in [5.74, 6) is 0.806. The van der Waals surface area contributed by atoms with Gasteiger partial charge in [-0.25, -0.2) is 9.78 Å².